The highest BCUT2D eigenvalue weighted by Crippen LogP contribution is 2.23. The van der Waals surface area contributed by atoms with E-state index in [-0.39, 0.29) is 29.3 Å². The van der Waals surface area contributed by atoms with Gasteiger partial charge in [-0.3, -0.25) is 14.9 Å². The number of carbonyl (C=O) groups excluding carboxylic acids is 2. The number of carbonyl (C=O) groups is 2. The number of benzene rings is 3. The van der Waals surface area contributed by atoms with Crippen LogP contribution in [0.5, 0.6) is 5.75 Å². The van der Waals surface area contributed by atoms with Crippen molar-refractivity contribution in [3.63, 3.8) is 0 Å². The lowest BCUT2D eigenvalue weighted by Crippen LogP contribution is -2.37. The molecular weight excluding hydrogens is 462 g/mol. The first-order valence-corrected chi connectivity index (χ1v) is 11.4. The number of rotatable bonds is 6. The van der Waals surface area contributed by atoms with E-state index in [1.807, 2.05) is 69.3 Å². The SMILES string of the molecule is Cc1ccc(OCC(=O)NC(=S)Nc2ccc(NC(=O)c3cc4ccccc4o3)c(C)c2)c(C)c1. The Balaban J connectivity index is 1.31. The lowest BCUT2D eigenvalue weighted by Gasteiger charge is -2.13. The van der Waals surface area contributed by atoms with Gasteiger partial charge in [0.05, 0.1) is 0 Å². The number of aryl methyl sites for hydroxylation is 3. The summed E-state index contributed by atoms with van der Waals surface area (Å²) in [6.07, 6.45) is 0. The Morgan fingerprint density at radius 2 is 1.71 bits per heavy atom. The second kappa shape index (κ2) is 10.4. The Bertz CT molecular complexity index is 1390. The van der Waals surface area contributed by atoms with Crippen LogP contribution < -0.4 is 20.7 Å². The zero-order valence-electron chi connectivity index (χ0n) is 19.6. The van der Waals surface area contributed by atoms with Crippen LogP contribution >= 0.6 is 12.2 Å². The number of anilines is 2. The normalized spacial score (nSPS) is 10.6. The molecule has 0 unspecified atom stereocenters. The number of nitrogens with one attached hydrogen (secondary N) is 3. The third-order valence-electron chi connectivity index (χ3n) is 5.32. The first-order valence-electron chi connectivity index (χ1n) is 11.0. The lowest BCUT2D eigenvalue weighted by atomic mass is 10.1. The minimum Gasteiger partial charge on any atom is -0.483 e. The van der Waals surface area contributed by atoms with Crippen molar-refractivity contribution >= 4 is 51.5 Å². The van der Waals surface area contributed by atoms with Gasteiger partial charge in [0.2, 0.25) is 0 Å². The standard InChI is InChI=1S/C27H25N3O4S/c1-16-8-11-22(18(3)12-16)33-15-25(31)30-27(35)28-20-9-10-21(17(2)13-20)29-26(32)24-14-19-6-4-5-7-23(19)34-24/h4-14H,15H2,1-3H3,(H,29,32)(H2,28,30,31,35). The van der Waals surface area contributed by atoms with Crippen LogP contribution in [0.3, 0.4) is 0 Å². The van der Waals surface area contributed by atoms with Crippen LogP contribution in [-0.2, 0) is 4.79 Å². The molecule has 1 heterocycles. The maximum Gasteiger partial charge on any atom is 0.291 e. The van der Waals surface area contributed by atoms with Gasteiger partial charge >= 0.3 is 0 Å². The molecule has 2 amide bonds. The summed E-state index contributed by atoms with van der Waals surface area (Å²) in [5.41, 5.74) is 4.86. The van der Waals surface area contributed by atoms with Crippen molar-refractivity contribution < 1.29 is 18.7 Å². The zero-order valence-corrected chi connectivity index (χ0v) is 20.4. The quantitative estimate of drug-likeness (QED) is 0.311. The molecule has 0 aliphatic carbocycles. The summed E-state index contributed by atoms with van der Waals surface area (Å²) in [6.45, 7) is 5.63. The molecule has 3 aromatic carbocycles. The van der Waals surface area contributed by atoms with Crippen LogP contribution in [0.1, 0.15) is 27.2 Å². The Labute approximate surface area is 208 Å². The number of fused-ring (bicyclic) bond motifs is 1. The van der Waals surface area contributed by atoms with Gasteiger partial charge in [-0.2, -0.15) is 0 Å². The molecule has 4 aromatic rings. The molecule has 0 saturated heterocycles. The maximum atomic E-state index is 12.6. The fraction of sp³-hybridized carbons (Fsp3) is 0.148. The van der Waals surface area contributed by atoms with E-state index in [0.717, 1.165) is 22.1 Å². The van der Waals surface area contributed by atoms with Crippen molar-refractivity contribution in [2.75, 3.05) is 17.2 Å². The zero-order chi connectivity index (χ0) is 24.9. The first kappa shape index (κ1) is 24.0. The number of amides is 2. The second-order valence-electron chi connectivity index (χ2n) is 8.19. The number of para-hydroxylation sites is 1. The van der Waals surface area contributed by atoms with E-state index in [9.17, 15) is 9.59 Å². The van der Waals surface area contributed by atoms with Crippen LogP contribution in [0.2, 0.25) is 0 Å². The van der Waals surface area contributed by atoms with Gasteiger partial charge < -0.3 is 19.8 Å². The van der Waals surface area contributed by atoms with E-state index in [0.29, 0.717) is 22.7 Å². The van der Waals surface area contributed by atoms with Crippen LogP contribution in [0.15, 0.2) is 71.1 Å². The molecule has 0 radical (unpaired) electrons. The fourth-order valence-electron chi connectivity index (χ4n) is 3.59. The molecule has 8 heteroatoms. The van der Waals surface area contributed by atoms with Gasteiger partial charge in [0, 0.05) is 16.8 Å². The van der Waals surface area contributed by atoms with Crippen LogP contribution in [0, 0.1) is 20.8 Å². The predicted molar refractivity (Wildman–Crippen MR) is 141 cm³/mol. The molecule has 4 rings (SSSR count). The minimum atomic E-state index is -0.367. The summed E-state index contributed by atoms with van der Waals surface area (Å²) >= 11 is 5.25. The predicted octanol–water partition coefficient (Wildman–Crippen LogP) is 5.50. The average Bonchev–Trinajstić information content (AvgIpc) is 3.25. The van der Waals surface area contributed by atoms with Gasteiger partial charge in [0.1, 0.15) is 11.3 Å². The van der Waals surface area contributed by atoms with Crippen LogP contribution in [0.25, 0.3) is 11.0 Å². The van der Waals surface area contributed by atoms with E-state index < -0.39 is 0 Å². The summed E-state index contributed by atoms with van der Waals surface area (Å²) in [4.78, 5) is 24.8. The van der Waals surface area contributed by atoms with Gasteiger partial charge in [-0.25, -0.2) is 0 Å². The number of thiocarbonyl (C=S) groups is 1. The highest BCUT2D eigenvalue weighted by Gasteiger charge is 2.14. The molecule has 7 nitrogen and oxygen atoms in total. The van der Waals surface area contributed by atoms with Gasteiger partial charge in [0.15, 0.2) is 17.5 Å². The molecule has 178 valence electrons. The summed E-state index contributed by atoms with van der Waals surface area (Å²) in [7, 11) is 0. The first-order chi connectivity index (χ1) is 16.8. The summed E-state index contributed by atoms with van der Waals surface area (Å²) < 4.78 is 11.2. The number of ether oxygens (including phenoxy) is 1. The smallest absolute Gasteiger partial charge is 0.291 e. The highest BCUT2D eigenvalue weighted by atomic mass is 32.1. The van der Waals surface area contributed by atoms with E-state index in [2.05, 4.69) is 16.0 Å². The molecule has 0 atom stereocenters. The molecule has 0 aliphatic rings. The number of furan rings is 1. The molecule has 0 spiro atoms. The molecule has 3 N–H and O–H groups in total. The maximum absolute atomic E-state index is 12.6. The van der Waals surface area contributed by atoms with Crippen molar-refractivity contribution in [2.24, 2.45) is 0 Å². The Kier molecular flexibility index (Phi) is 7.12. The second-order valence-corrected chi connectivity index (χ2v) is 8.60. The van der Waals surface area contributed by atoms with Crippen molar-refractivity contribution in [3.8, 4) is 5.75 Å². The average molecular weight is 488 g/mol. The lowest BCUT2D eigenvalue weighted by molar-refractivity contribution is -0.121. The summed E-state index contributed by atoms with van der Waals surface area (Å²) in [6, 6.07) is 20.2. The Hall–Kier alpha value is -4.17. The van der Waals surface area contributed by atoms with E-state index in [1.165, 1.54) is 0 Å². The van der Waals surface area contributed by atoms with Crippen molar-refractivity contribution in [3.05, 3.63) is 89.2 Å². The summed E-state index contributed by atoms with van der Waals surface area (Å²) in [5, 5.41) is 9.45. The molecule has 0 saturated carbocycles. The topological polar surface area (TPSA) is 92.6 Å². The van der Waals surface area contributed by atoms with Crippen LogP contribution in [0.4, 0.5) is 11.4 Å². The van der Waals surface area contributed by atoms with E-state index in [1.54, 1.807) is 18.2 Å². The van der Waals surface area contributed by atoms with Crippen molar-refractivity contribution in [1.29, 1.82) is 0 Å². The van der Waals surface area contributed by atoms with Gasteiger partial charge in [-0.15, -0.1) is 0 Å². The van der Waals surface area contributed by atoms with Gasteiger partial charge in [0.25, 0.3) is 11.8 Å². The molecular formula is C27H25N3O4S. The van der Waals surface area contributed by atoms with E-state index in [4.69, 9.17) is 21.4 Å². The fourth-order valence-corrected chi connectivity index (χ4v) is 3.82. The Morgan fingerprint density at radius 3 is 2.46 bits per heavy atom. The third kappa shape index (κ3) is 6.04. The van der Waals surface area contributed by atoms with Gasteiger partial charge in [-0.1, -0.05) is 35.9 Å². The highest BCUT2D eigenvalue weighted by molar-refractivity contribution is 7.80. The molecule has 0 fully saturated rings. The van der Waals surface area contributed by atoms with Crippen molar-refractivity contribution in [2.45, 2.75) is 20.8 Å². The molecule has 0 aliphatic heterocycles. The Morgan fingerprint density at radius 1 is 0.914 bits per heavy atom. The van der Waals surface area contributed by atoms with E-state index >= 15 is 0 Å². The minimum absolute atomic E-state index is 0.151. The largest absolute Gasteiger partial charge is 0.483 e. The monoisotopic (exact) mass is 487 g/mol. The van der Waals surface area contributed by atoms with Gasteiger partial charge in [-0.05, 0) is 80.5 Å². The number of hydrogen-bond acceptors (Lipinski definition) is 5. The third-order valence-corrected chi connectivity index (χ3v) is 5.53. The number of hydrogen-bond donors (Lipinski definition) is 3. The molecule has 1 aromatic heterocycles. The molecule has 0 bridgehead atoms. The summed E-state index contributed by atoms with van der Waals surface area (Å²) in [5.74, 6) is 0.186. The van der Waals surface area contributed by atoms with Crippen molar-refractivity contribution in [1.82, 2.24) is 5.32 Å². The molecule has 35 heavy (non-hydrogen) atoms. The van der Waals surface area contributed by atoms with Crippen LogP contribution in [-0.4, -0.2) is 23.5 Å².